The largest absolute Gasteiger partial charge is 0.493 e. The highest BCUT2D eigenvalue weighted by atomic mass is 16.5. The van der Waals surface area contributed by atoms with Gasteiger partial charge in [0.2, 0.25) is 0 Å². The van der Waals surface area contributed by atoms with E-state index in [1.54, 1.807) is 0 Å². The number of ether oxygens (including phenoxy) is 1. The van der Waals surface area contributed by atoms with Crippen molar-refractivity contribution in [2.75, 3.05) is 6.61 Å². The summed E-state index contributed by atoms with van der Waals surface area (Å²) in [7, 11) is 0. The van der Waals surface area contributed by atoms with Crippen molar-refractivity contribution < 1.29 is 14.6 Å². The first-order valence-corrected chi connectivity index (χ1v) is 5.99. The molecule has 0 spiro atoms. The second kappa shape index (κ2) is 4.04. The predicted octanol–water partition coefficient (Wildman–Crippen LogP) is 1.50. The molecule has 4 nitrogen and oxygen atoms in total. The summed E-state index contributed by atoms with van der Waals surface area (Å²) < 4.78 is 5.65. The molecule has 1 saturated heterocycles. The van der Waals surface area contributed by atoms with Crippen LogP contribution >= 0.6 is 0 Å². The van der Waals surface area contributed by atoms with E-state index in [9.17, 15) is 4.79 Å². The van der Waals surface area contributed by atoms with Crippen LogP contribution in [0.2, 0.25) is 0 Å². The molecule has 2 atom stereocenters. The van der Waals surface area contributed by atoms with E-state index in [0.29, 0.717) is 6.42 Å². The number of aliphatic carboxylic acids is 1. The molecule has 1 aromatic rings. The molecule has 4 heteroatoms. The first kappa shape index (κ1) is 10.6. The van der Waals surface area contributed by atoms with Gasteiger partial charge in [-0.05, 0) is 18.4 Å². The summed E-state index contributed by atoms with van der Waals surface area (Å²) in [5, 5.41) is 12.1. The van der Waals surface area contributed by atoms with Crippen LogP contribution in [-0.2, 0) is 11.2 Å². The van der Waals surface area contributed by atoms with Gasteiger partial charge in [-0.25, -0.2) is 0 Å². The van der Waals surface area contributed by atoms with E-state index in [1.807, 2.05) is 12.1 Å². The molecule has 0 saturated carbocycles. The highest BCUT2D eigenvalue weighted by Gasteiger charge is 2.32. The Labute approximate surface area is 99.6 Å². The topological polar surface area (TPSA) is 58.6 Å². The maximum atomic E-state index is 10.9. The standard InChI is InChI=1S/C13H15NO3/c15-13(16)11-5-4-10(14-11)9-3-1-2-8-6-7-17-12(8)9/h1-3,10-11,14H,4-7H2,(H,15,16). The minimum Gasteiger partial charge on any atom is -0.493 e. The van der Waals surface area contributed by atoms with E-state index in [0.717, 1.165) is 30.8 Å². The molecule has 1 aromatic carbocycles. The van der Waals surface area contributed by atoms with Crippen LogP contribution in [0.3, 0.4) is 0 Å². The van der Waals surface area contributed by atoms with Gasteiger partial charge in [-0.1, -0.05) is 18.2 Å². The minimum atomic E-state index is -0.763. The van der Waals surface area contributed by atoms with Gasteiger partial charge >= 0.3 is 5.97 Å². The molecule has 2 aliphatic heterocycles. The van der Waals surface area contributed by atoms with Crippen LogP contribution in [0.1, 0.15) is 30.0 Å². The molecular formula is C13H15NO3. The van der Waals surface area contributed by atoms with Crippen LogP contribution in [0.25, 0.3) is 0 Å². The summed E-state index contributed by atoms with van der Waals surface area (Å²) in [6, 6.07) is 5.83. The number of carbonyl (C=O) groups is 1. The summed E-state index contributed by atoms with van der Waals surface area (Å²) in [6.45, 7) is 0.738. The Kier molecular flexibility index (Phi) is 2.52. The van der Waals surface area contributed by atoms with Crippen LogP contribution in [0.4, 0.5) is 0 Å². The molecule has 0 aliphatic carbocycles. The zero-order chi connectivity index (χ0) is 11.8. The fourth-order valence-corrected chi connectivity index (χ4v) is 2.70. The SMILES string of the molecule is O=C(O)C1CCC(c2cccc3c2OCC3)N1. The molecule has 90 valence electrons. The molecule has 0 amide bonds. The summed E-state index contributed by atoms with van der Waals surface area (Å²) in [5.74, 6) is 0.206. The third kappa shape index (κ3) is 1.78. The lowest BCUT2D eigenvalue weighted by molar-refractivity contribution is -0.139. The maximum absolute atomic E-state index is 10.9. The van der Waals surface area contributed by atoms with Crippen molar-refractivity contribution in [2.45, 2.75) is 31.3 Å². The van der Waals surface area contributed by atoms with Crippen molar-refractivity contribution in [1.29, 1.82) is 0 Å². The Morgan fingerprint density at radius 3 is 3.06 bits per heavy atom. The third-order valence-corrected chi connectivity index (χ3v) is 3.56. The quantitative estimate of drug-likeness (QED) is 0.812. The first-order valence-electron chi connectivity index (χ1n) is 5.99. The first-order chi connectivity index (χ1) is 8.25. The lowest BCUT2D eigenvalue weighted by Crippen LogP contribution is -2.31. The van der Waals surface area contributed by atoms with E-state index < -0.39 is 12.0 Å². The van der Waals surface area contributed by atoms with Crippen molar-refractivity contribution >= 4 is 5.97 Å². The molecule has 2 unspecified atom stereocenters. The fourth-order valence-electron chi connectivity index (χ4n) is 2.70. The predicted molar refractivity (Wildman–Crippen MR) is 62.2 cm³/mol. The number of benzene rings is 1. The van der Waals surface area contributed by atoms with Gasteiger partial charge in [0.15, 0.2) is 0 Å². The lowest BCUT2D eigenvalue weighted by Gasteiger charge is -2.15. The number of hydrogen-bond donors (Lipinski definition) is 2. The molecule has 0 radical (unpaired) electrons. The monoisotopic (exact) mass is 233 g/mol. The van der Waals surface area contributed by atoms with Gasteiger partial charge in [0, 0.05) is 18.0 Å². The summed E-state index contributed by atoms with van der Waals surface area (Å²) >= 11 is 0. The minimum absolute atomic E-state index is 0.115. The van der Waals surface area contributed by atoms with Crippen LogP contribution in [-0.4, -0.2) is 23.7 Å². The molecule has 2 aliphatic rings. The van der Waals surface area contributed by atoms with Crippen molar-refractivity contribution in [2.24, 2.45) is 0 Å². The van der Waals surface area contributed by atoms with Crippen molar-refractivity contribution in [3.05, 3.63) is 29.3 Å². The number of para-hydroxylation sites is 1. The lowest BCUT2D eigenvalue weighted by atomic mass is 10.0. The van der Waals surface area contributed by atoms with Crippen LogP contribution in [0.5, 0.6) is 5.75 Å². The average Bonchev–Trinajstić information content (AvgIpc) is 2.97. The van der Waals surface area contributed by atoms with E-state index in [-0.39, 0.29) is 6.04 Å². The van der Waals surface area contributed by atoms with E-state index >= 15 is 0 Å². The van der Waals surface area contributed by atoms with Crippen LogP contribution in [0.15, 0.2) is 18.2 Å². The van der Waals surface area contributed by atoms with Gasteiger partial charge in [0.25, 0.3) is 0 Å². The second-order valence-electron chi connectivity index (χ2n) is 4.62. The average molecular weight is 233 g/mol. The van der Waals surface area contributed by atoms with Gasteiger partial charge in [-0.2, -0.15) is 0 Å². The molecule has 2 heterocycles. The number of hydrogen-bond acceptors (Lipinski definition) is 3. The fraction of sp³-hybridized carbons (Fsp3) is 0.462. The molecule has 1 fully saturated rings. The van der Waals surface area contributed by atoms with E-state index in [1.165, 1.54) is 5.56 Å². The van der Waals surface area contributed by atoms with Gasteiger partial charge in [0.1, 0.15) is 11.8 Å². The van der Waals surface area contributed by atoms with Crippen molar-refractivity contribution in [1.82, 2.24) is 5.32 Å². The van der Waals surface area contributed by atoms with Crippen molar-refractivity contribution in [3.8, 4) is 5.75 Å². The summed E-state index contributed by atoms with van der Waals surface area (Å²) in [6.07, 6.45) is 2.50. The molecular weight excluding hydrogens is 218 g/mol. The number of rotatable bonds is 2. The third-order valence-electron chi connectivity index (χ3n) is 3.56. The van der Waals surface area contributed by atoms with Gasteiger partial charge in [-0.15, -0.1) is 0 Å². The van der Waals surface area contributed by atoms with Gasteiger partial charge < -0.3 is 9.84 Å². The molecule has 2 N–H and O–H groups in total. The molecule has 3 rings (SSSR count). The number of fused-ring (bicyclic) bond motifs is 1. The Morgan fingerprint density at radius 1 is 1.41 bits per heavy atom. The summed E-state index contributed by atoms with van der Waals surface area (Å²) in [4.78, 5) is 10.9. The zero-order valence-electron chi connectivity index (χ0n) is 9.48. The number of carboxylic acids is 1. The highest BCUT2D eigenvalue weighted by molar-refractivity contribution is 5.74. The number of nitrogens with one attached hydrogen (secondary N) is 1. The zero-order valence-corrected chi connectivity index (χ0v) is 9.48. The van der Waals surface area contributed by atoms with E-state index in [4.69, 9.17) is 9.84 Å². The van der Waals surface area contributed by atoms with Crippen LogP contribution < -0.4 is 10.1 Å². The van der Waals surface area contributed by atoms with Gasteiger partial charge in [0.05, 0.1) is 6.61 Å². The molecule has 0 bridgehead atoms. The Morgan fingerprint density at radius 2 is 2.29 bits per heavy atom. The maximum Gasteiger partial charge on any atom is 0.320 e. The Bertz CT molecular complexity index is 458. The molecule has 0 aromatic heterocycles. The highest BCUT2D eigenvalue weighted by Crippen LogP contribution is 2.37. The Hall–Kier alpha value is -1.55. The Balaban J connectivity index is 1.86. The van der Waals surface area contributed by atoms with Crippen molar-refractivity contribution in [3.63, 3.8) is 0 Å². The smallest absolute Gasteiger partial charge is 0.320 e. The summed E-state index contributed by atoms with van der Waals surface area (Å²) in [5.41, 5.74) is 2.35. The molecule has 17 heavy (non-hydrogen) atoms. The van der Waals surface area contributed by atoms with Crippen LogP contribution in [0, 0.1) is 0 Å². The van der Waals surface area contributed by atoms with E-state index in [2.05, 4.69) is 11.4 Å². The number of carboxylic acid groups (broad SMARTS) is 1. The van der Waals surface area contributed by atoms with Gasteiger partial charge in [-0.3, -0.25) is 10.1 Å². The normalized spacial score (nSPS) is 26.6. The second-order valence-corrected chi connectivity index (χ2v) is 4.62.